The number of benzene rings is 5. The Hall–Kier alpha value is -4.65. The molecule has 232 valence electrons. The van der Waals surface area contributed by atoms with E-state index in [9.17, 15) is 4.79 Å². The van der Waals surface area contributed by atoms with E-state index in [2.05, 4.69) is 37.1 Å². The van der Waals surface area contributed by atoms with Gasteiger partial charge in [0.2, 0.25) is 0 Å². The summed E-state index contributed by atoms with van der Waals surface area (Å²) in [6.07, 6.45) is 1.56. The standard InChI is InChI=1S/C38H33Cl2N3O3/c1-5-45-35-17-24(4)31(20-30(35)23(2)3)37-42-34-16-9-8-15-29(34)38(44)43(37)41-21-25-18-32(39)36(33(40)19-25)46-22-27-13-10-12-26-11-6-7-14-28(26)27/h6-21,23H,5,22H2,1-4H3. The van der Waals surface area contributed by atoms with Crippen molar-refractivity contribution in [1.29, 1.82) is 0 Å². The maximum atomic E-state index is 13.9. The maximum absolute atomic E-state index is 13.9. The van der Waals surface area contributed by atoms with Gasteiger partial charge >= 0.3 is 0 Å². The first kappa shape index (κ1) is 31.3. The van der Waals surface area contributed by atoms with E-state index in [0.29, 0.717) is 51.3 Å². The molecule has 6 aromatic rings. The fourth-order valence-corrected chi connectivity index (χ4v) is 6.17. The molecule has 0 aliphatic carbocycles. The van der Waals surface area contributed by atoms with E-state index in [1.165, 1.54) is 4.68 Å². The van der Waals surface area contributed by atoms with Crippen molar-refractivity contribution < 1.29 is 9.47 Å². The molecular weight excluding hydrogens is 617 g/mol. The van der Waals surface area contributed by atoms with Gasteiger partial charge in [0.1, 0.15) is 12.4 Å². The number of fused-ring (bicyclic) bond motifs is 2. The third-order valence-corrected chi connectivity index (χ3v) is 8.43. The summed E-state index contributed by atoms with van der Waals surface area (Å²) in [6, 6.07) is 29.0. The van der Waals surface area contributed by atoms with E-state index in [4.69, 9.17) is 37.7 Å². The monoisotopic (exact) mass is 649 g/mol. The van der Waals surface area contributed by atoms with Crippen LogP contribution in [-0.4, -0.2) is 22.5 Å². The van der Waals surface area contributed by atoms with Crippen LogP contribution in [0.25, 0.3) is 33.1 Å². The van der Waals surface area contributed by atoms with Gasteiger partial charge < -0.3 is 9.47 Å². The number of nitrogens with zero attached hydrogens (tertiary/aromatic N) is 3. The fraction of sp³-hybridized carbons (Fsp3) is 0.184. The minimum Gasteiger partial charge on any atom is -0.494 e. The van der Waals surface area contributed by atoms with Gasteiger partial charge in [-0.15, -0.1) is 0 Å². The topological polar surface area (TPSA) is 65.7 Å². The third kappa shape index (κ3) is 6.23. The molecular formula is C38H33Cl2N3O3. The smallest absolute Gasteiger partial charge is 0.282 e. The Kier molecular flexibility index (Phi) is 9.11. The molecule has 8 heteroatoms. The van der Waals surface area contributed by atoms with Crippen LogP contribution in [0.15, 0.2) is 101 Å². The van der Waals surface area contributed by atoms with Gasteiger partial charge in [-0.05, 0) is 89.2 Å². The lowest BCUT2D eigenvalue weighted by Crippen LogP contribution is -2.21. The van der Waals surface area contributed by atoms with E-state index >= 15 is 0 Å². The molecule has 1 aromatic heterocycles. The summed E-state index contributed by atoms with van der Waals surface area (Å²) in [5.74, 6) is 1.82. The van der Waals surface area contributed by atoms with Gasteiger partial charge in [0.15, 0.2) is 11.6 Å². The Balaban J connectivity index is 1.38. The highest BCUT2D eigenvalue weighted by molar-refractivity contribution is 6.37. The Bertz CT molecular complexity index is 2140. The highest BCUT2D eigenvalue weighted by Gasteiger charge is 2.19. The second-order valence-corrected chi connectivity index (χ2v) is 12.2. The molecule has 5 aromatic carbocycles. The SMILES string of the molecule is CCOc1cc(C)c(-c2nc3ccccc3c(=O)n2N=Cc2cc(Cl)c(OCc3cccc4ccccc34)c(Cl)c2)cc1C(C)C. The van der Waals surface area contributed by atoms with E-state index < -0.39 is 0 Å². The molecule has 6 rings (SSSR count). The van der Waals surface area contributed by atoms with Crippen LogP contribution in [0, 0.1) is 6.92 Å². The maximum Gasteiger partial charge on any atom is 0.282 e. The van der Waals surface area contributed by atoms with Crippen molar-refractivity contribution in [2.45, 2.75) is 40.2 Å². The summed E-state index contributed by atoms with van der Waals surface area (Å²) in [6.45, 7) is 9.02. The summed E-state index contributed by atoms with van der Waals surface area (Å²) in [7, 11) is 0. The first-order chi connectivity index (χ1) is 22.2. The Morgan fingerprint density at radius 3 is 2.33 bits per heavy atom. The van der Waals surface area contributed by atoms with Gasteiger partial charge in [-0.1, -0.05) is 91.6 Å². The van der Waals surface area contributed by atoms with Gasteiger partial charge in [0.25, 0.3) is 5.56 Å². The summed E-state index contributed by atoms with van der Waals surface area (Å²) in [4.78, 5) is 18.8. The summed E-state index contributed by atoms with van der Waals surface area (Å²) in [5.41, 5.74) is 4.66. The van der Waals surface area contributed by atoms with Gasteiger partial charge in [-0.2, -0.15) is 9.78 Å². The van der Waals surface area contributed by atoms with Crippen LogP contribution in [0.1, 0.15) is 48.9 Å². The molecule has 0 spiro atoms. The first-order valence-electron chi connectivity index (χ1n) is 15.2. The van der Waals surface area contributed by atoms with E-state index in [1.54, 1.807) is 24.4 Å². The Morgan fingerprint density at radius 2 is 1.59 bits per heavy atom. The number of hydrogen-bond donors (Lipinski definition) is 0. The van der Waals surface area contributed by atoms with Crippen LogP contribution < -0.4 is 15.0 Å². The number of aromatic nitrogens is 2. The van der Waals surface area contributed by atoms with Crippen molar-refractivity contribution in [2.75, 3.05) is 6.61 Å². The number of hydrogen-bond acceptors (Lipinski definition) is 5. The Labute approximate surface area is 277 Å². The molecule has 0 amide bonds. The van der Waals surface area contributed by atoms with E-state index in [0.717, 1.165) is 38.8 Å². The fourth-order valence-electron chi connectivity index (χ4n) is 5.56. The highest BCUT2D eigenvalue weighted by Crippen LogP contribution is 2.36. The second kappa shape index (κ2) is 13.4. The molecule has 0 atom stereocenters. The van der Waals surface area contributed by atoms with Gasteiger partial charge in [-0.3, -0.25) is 4.79 Å². The van der Waals surface area contributed by atoms with Crippen molar-refractivity contribution in [2.24, 2.45) is 5.10 Å². The zero-order chi connectivity index (χ0) is 32.4. The van der Waals surface area contributed by atoms with E-state index in [-0.39, 0.29) is 11.5 Å². The molecule has 46 heavy (non-hydrogen) atoms. The molecule has 0 N–H and O–H groups in total. The number of ether oxygens (including phenoxy) is 2. The average molecular weight is 651 g/mol. The highest BCUT2D eigenvalue weighted by atomic mass is 35.5. The minimum absolute atomic E-state index is 0.190. The molecule has 0 aliphatic rings. The second-order valence-electron chi connectivity index (χ2n) is 11.3. The van der Waals surface area contributed by atoms with Crippen LogP contribution in [0.3, 0.4) is 0 Å². The predicted molar refractivity (Wildman–Crippen MR) is 189 cm³/mol. The molecule has 0 fully saturated rings. The van der Waals surface area contributed by atoms with Crippen molar-refractivity contribution >= 4 is 51.1 Å². The van der Waals surface area contributed by atoms with Crippen LogP contribution in [0.2, 0.25) is 10.0 Å². The molecule has 0 aliphatic heterocycles. The largest absolute Gasteiger partial charge is 0.494 e. The molecule has 0 bridgehead atoms. The van der Waals surface area contributed by atoms with Crippen LogP contribution in [0.4, 0.5) is 0 Å². The molecule has 1 heterocycles. The first-order valence-corrected chi connectivity index (χ1v) is 15.9. The van der Waals surface area contributed by atoms with Gasteiger partial charge in [-0.25, -0.2) is 4.98 Å². The lowest BCUT2D eigenvalue weighted by molar-refractivity contribution is 0.308. The van der Waals surface area contributed by atoms with E-state index in [1.807, 2.05) is 68.4 Å². The average Bonchev–Trinajstić information content (AvgIpc) is 3.04. The third-order valence-electron chi connectivity index (χ3n) is 7.87. The van der Waals surface area contributed by atoms with Crippen molar-refractivity contribution in [1.82, 2.24) is 9.66 Å². The zero-order valence-electron chi connectivity index (χ0n) is 26.1. The van der Waals surface area contributed by atoms with Gasteiger partial charge in [0.05, 0.1) is 33.8 Å². The number of rotatable bonds is 9. The van der Waals surface area contributed by atoms with Crippen LogP contribution in [0.5, 0.6) is 11.5 Å². The Morgan fingerprint density at radius 1 is 0.891 bits per heavy atom. The van der Waals surface area contributed by atoms with Crippen LogP contribution >= 0.6 is 23.2 Å². The van der Waals surface area contributed by atoms with Crippen LogP contribution in [-0.2, 0) is 6.61 Å². The normalized spacial score (nSPS) is 11.6. The molecule has 6 nitrogen and oxygen atoms in total. The van der Waals surface area contributed by atoms with Crippen molar-refractivity contribution in [3.8, 4) is 22.9 Å². The lowest BCUT2D eigenvalue weighted by atomic mass is 9.96. The van der Waals surface area contributed by atoms with Crippen molar-refractivity contribution in [3.05, 3.63) is 134 Å². The number of halogens is 2. The minimum atomic E-state index is -0.288. The quantitative estimate of drug-likeness (QED) is 0.146. The molecule has 0 unspecified atom stereocenters. The van der Waals surface area contributed by atoms with Gasteiger partial charge in [0, 0.05) is 5.56 Å². The molecule has 0 radical (unpaired) electrons. The lowest BCUT2D eigenvalue weighted by Gasteiger charge is -2.18. The number of para-hydroxylation sites is 1. The summed E-state index contributed by atoms with van der Waals surface area (Å²) < 4.78 is 13.4. The molecule has 0 saturated carbocycles. The summed E-state index contributed by atoms with van der Waals surface area (Å²) >= 11 is 13.4. The zero-order valence-corrected chi connectivity index (χ0v) is 27.6. The summed E-state index contributed by atoms with van der Waals surface area (Å²) in [5, 5.41) is 8.01. The number of aryl methyl sites for hydroxylation is 1. The predicted octanol–water partition coefficient (Wildman–Crippen LogP) is 9.82. The molecule has 0 saturated heterocycles. The van der Waals surface area contributed by atoms with Crippen molar-refractivity contribution in [3.63, 3.8) is 0 Å².